The van der Waals surface area contributed by atoms with E-state index < -0.39 is 0 Å². The molecular weight excluding hydrogens is 827 g/mol. The molecule has 4 heteroatoms. The number of rotatable bonds is 6. The Kier molecular flexibility index (Phi) is 10.0. The third kappa shape index (κ3) is 6.72. The molecule has 11 aromatic rings. The van der Waals surface area contributed by atoms with Gasteiger partial charge in [-0.3, -0.25) is 0 Å². The van der Waals surface area contributed by atoms with Crippen LogP contribution in [0.25, 0.3) is 105 Å². The van der Waals surface area contributed by atoms with Crippen molar-refractivity contribution in [3.05, 3.63) is 210 Å². The zero-order valence-corrected chi connectivity index (χ0v) is 39.1. The summed E-state index contributed by atoms with van der Waals surface area (Å²) in [4.78, 5) is 0. The van der Waals surface area contributed by atoms with Crippen molar-refractivity contribution in [2.75, 3.05) is 0 Å². The van der Waals surface area contributed by atoms with Crippen molar-refractivity contribution in [3.63, 3.8) is 0 Å². The lowest BCUT2D eigenvalue weighted by atomic mass is 9.79. The second kappa shape index (κ2) is 16.2. The molecule has 0 aliphatic rings. The summed E-state index contributed by atoms with van der Waals surface area (Å²) in [5, 5.41) is 27.5. The maximum atomic E-state index is 12.0. The molecule has 0 aliphatic heterocycles. The Morgan fingerprint density at radius 1 is 0.382 bits per heavy atom. The number of aromatic nitrogens is 1. The van der Waals surface area contributed by atoms with Crippen LogP contribution < -0.4 is 0 Å². The van der Waals surface area contributed by atoms with E-state index in [0.717, 1.165) is 77.3 Å². The molecule has 11 rings (SSSR count). The molecule has 326 valence electrons. The van der Waals surface area contributed by atoms with Gasteiger partial charge in [0.15, 0.2) is 5.58 Å². The summed E-state index contributed by atoms with van der Waals surface area (Å²) in [7, 11) is 0. The molecule has 68 heavy (non-hydrogen) atoms. The quantitative estimate of drug-likeness (QED) is 0.167. The highest BCUT2D eigenvalue weighted by Gasteiger charge is 2.34. The smallest absolute Gasteiger partial charge is 0.156 e. The van der Waals surface area contributed by atoms with Crippen LogP contribution in [-0.4, -0.2) is 4.57 Å². The van der Waals surface area contributed by atoms with E-state index in [-0.39, 0.29) is 10.8 Å². The lowest BCUT2D eigenvalue weighted by molar-refractivity contribution is 0.590. The van der Waals surface area contributed by atoms with Gasteiger partial charge in [-0.25, -0.2) is 0 Å². The molecule has 0 amide bonds. The number of hydrogen-bond donors (Lipinski definition) is 0. The summed E-state index contributed by atoms with van der Waals surface area (Å²) >= 11 is 0. The van der Waals surface area contributed by atoms with Gasteiger partial charge in [-0.15, -0.1) is 0 Å². The van der Waals surface area contributed by atoms with Crippen molar-refractivity contribution in [2.45, 2.75) is 52.4 Å². The molecule has 4 nitrogen and oxygen atoms in total. The molecule has 0 aliphatic carbocycles. The van der Waals surface area contributed by atoms with Crippen LogP contribution in [-0.2, 0) is 10.8 Å². The first-order chi connectivity index (χ1) is 33.0. The van der Waals surface area contributed by atoms with Crippen LogP contribution in [0.3, 0.4) is 0 Å². The number of fused-ring (bicyclic) bond motifs is 6. The van der Waals surface area contributed by atoms with Crippen molar-refractivity contribution in [3.8, 4) is 73.5 Å². The van der Waals surface area contributed by atoms with E-state index in [1.165, 1.54) is 11.1 Å². The summed E-state index contributed by atoms with van der Waals surface area (Å²) in [6.45, 7) is 13.4. The predicted octanol–water partition coefficient (Wildman–Crippen LogP) is 17.4. The van der Waals surface area contributed by atoms with Crippen LogP contribution in [0.5, 0.6) is 0 Å². The van der Waals surface area contributed by atoms with Gasteiger partial charge >= 0.3 is 0 Å². The maximum absolute atomic E-state index is 12.0. The van der Waals surface area contributed by atoms with E-state index in [1.54, 1.807) is 0 Å². The van der Waals surface area contributed by atoms with E-state index in [9.17, 15) is 10.5 Å². The molecule has 0 fully saturated rings. The Morgan fingerprint density at radius 3 is 1.15 bits per heavy atom. The second-order valence-corrected chi connectivity index (χ2v) is 19.8. The van der Waals surface area contributed by atoms with Gasteiger partial charge in [0.05, 0.1) is 22.3 Å². The van der Waals surface area contributed by atoms with E-state index in [2.05, 4.69) is 204 Å². The normalized spacial score (nSPS) is 11.9. The molecule has 2 heterocycles. The van der Waals surface area contributed by atoms with Gasteiger partial charge in [-0.05, 0) is 79.6 Å². The van der Waals surface area contributed by atoms with Crippen molar-refractivity contribution in [1.82, 2.24) is 4.57 Å². The maximum Gasteiger partial charge on any atom is 0.156 e. The van der Waals surface area contributed by atoms with Gasteiger partial charge in [0, 0.05) is 43.8 Å². The highest BCUT2D eigenvalue weighted by atomic mass is 16.3. The number of benzene rings is 9. The minimum atomic E-state index is -0.109. The highest BCUT2D eigenvalue weighted by molar-refractivity contribution is 6.27. The highest BCUT2D eigenvalue weighted by Crippen LogP contribution is 2.56. The lowest BCUT2D eigenvalue weighted by Gasteiger charge is -2.22. The molecule has 0 saturated heterocycles. The van der Waals surface area contributed by atoms with Crippen molar-refractivity contribution in [2.24, 2.45) is 0 Å². The van der Waals surface area contributed by atoms with Crippen molar-refractivity contribution in [1.29, 1.82) is 10.5 Å². The number of hydrogen-bond acceptors (Lipinski definition) is 3. The molecule has 0 saturated carbocycles. The molecule has 0 atom stereocenters. The van der Waals surface area contributed by atoms with Gasteiger partial charge in [0.2, 0.25) is 0 Å². The first kappa shape index (κ1) is 42.2. The Morgan fingerprint density at radius 2 is 0.750 bits per heavy atom. The Bertz CT molecular complexity index is 3760. The molecule has 9 aromatic carbocycles. The average molecular weight is 876 g/mol. The minimum Gasteiger partial charge on any atom is -0.454 e. The fraction of sp³-hybridized carbons (Fsp3) is 0.125. The van der Waals surface area contributed by atoms with E-state index in [4.69, 9.17) is 4.42 Å². The third-order valence-corrected chi connectivity index (χ3v) is 13.6. The molecule has 0 N–H and O–H groups in total. The minimum absolute atomic E-state index is 0.109. The SMILES string of the molecule is CC(C)(C)c1ccc2c(c1)c1cc(C(C)(C)C)ccc1n2-c1c(-c2ccccc2)c(C#N)c2c(oc3c(-c4ccccc4)c(-c4ccccc4)c(-c4ccccc4)c(-c4ccccc4)c32)c1C#N. The fourth-order valence-electron chi connectivity index (χ4n) is 10.3. The van der Waals surface area contributed by atoms with Gasteiger partial charge < -0.3 is 8.98 Å². The molecule has 2 aromatic heterocycles. The summed E-state index contributed by atoms with van der Waals surface area (Å²) in [6.07, 6.45) is 0. The molecule has 0 unspecified atom stereocenters. The molecule has 0 radical (unpaired) electrons. The van der Waals surface area contributed by atoms with Gasteiger partial charge in [0.25, 0.3) is 0 Å². The predicted molar refractivity (Wildman–Crippen MR) is 282 cm³/mol. The van der Waals surface area contributed by atoms with Crippen molar-refractivity contribution >= 4 is 43.7 Å². The second-order valence-electron chi connectivity index (χ2n) is 19.8. The molecule has 0 bridgehead atoms. The van der Waals surface area contributed by atoms with Crippen molar-refractivity contribution < 1.29 is 4.42 Å². The van der Waals surface area contributed by atoms with Crippen LogP contribution in [0.2, 0.25) is 0 Å². The first-order valence-electron chi connectivity index (χ1n) is 23.3. The number of furan rings is 1. The largest absolute Gasteiger partial charge is 0.454 e. The van der Waals surface area contributed by atoms with Crippen LogP contribution in [0.1, 0.15) is 63.8 Å². The monoisotopic (exact) mass is 875 g/mol. The van der Waals surface area contributed by atoms with Gasteiger partial charge in [0.1, 0.15) is 23.3 Å². The van der Waals surface area contributed by atoms with E-state index in [0.29, 0.717) is 38.9 Å². The van der Waals surface area contributed by atoms with Gasteiger partial charge in [-0.2, -0.15) is 10.5 Å². The standard InChI is InChI=1S/C64H49N3O/c1-63(2,3)45-32-34-51-47(36-45)48-37-46(64(4,5)6)33-35-52(48)67(51)60-50(39-66)61-58(49(38-65)53(60)40-22-12-7-13-23-40)59-56(43-28-18-10-19-29-43)54(41-24-14-8-15-25-41)55(42-26-16-9-17-27-42)57(62(59)68-61)44-30-20-11-21-31-44/h7-37H,1-6H3. The Labute approximate surface area is 397 Å². The first-order valence-corrected chi connectivity index (χ1v) is 23.3. The van der Waals surface area contributed by atoms with Crippen LogP contribution in [0.15, 0.2) is 192 Å². The van der Waals surface area contributed by atoms with Gasteiger partial charge in [-0.1, -0.05) is 205 Å². The third-order valence-electron chi connectivity index (χ3n) is 13.6. The van der Waals surface area contributed by atoms with E-state index >= 15 is 0 Å². The average Bonchev–Trinajstić information content (AvgIpc) is 3.91. The molecular formula is C64H49N3O. The van der Waals surface area contributed by atoms with Crippen LogP contribution in [0.4, 0.5) is 0 Å². The molecule has 0 spiro atoms. The van der Waals surface area contributed by atoms with Crippen LogP contribution in [0, 0.1) is 22.7 Å². The fourth-order valence-corrected chi connectivity index (χ4v) is 10.3. The Hall–Kier alpha value is -8.44. The summed E-state index contributed by atoms with van der Waals surface area (Å²) in [5.74, 6) is 0. The topological polar surface area (TPSA) is 65.7 Å². The summed E-state index contributed by atoms with van der Waals surface area (Å²) in [6, 6.07) is 70.9. The zero-order chi connectivity index (χ0) is 46.9. The summed E-state index contributed by atoms with van der Waals surface area (Å²) in [5.41, 5.74) is 15.8. The zero-order valence-electron chi connectivity index (χ0n) is 39.1. The number of nitriles is 2. The number of nitrogens with zero attached hydrogens (tertiary/aromatic N) is 3. The Balaban J connectivity index is 1.43. The summed E-state index contributed by atoms with van der Waals surface area (Å²) < 4.78 is 9.73. The lowest BCUT2D eigenvalue weighted by Crippen LogP contribution is -2.10. The van der Waals surface area contributed by atoms with Crippen LogP contribution >= 0.6 is 0 Å². The van der Waals surface area contributed by atoms with E-state index in [1.807, 2.05) is 42.5 Å².